The minimum atomic E-state index is 0. The second kappa shape index (κ2) is 11.8. The quantitative estimate of drug-likeness (QED) is 0.690. The second-order valence-electron chi connectivity index (χ2n) is 1.55. The van der Waals surface area contributed by atoms with Crippen LogP contribution in [0.25, 0.3) is 5.32 Å². The number of nitrogens with zero attached hydrogens (tertiary/aromatic N) is 1. The van der Waals surface area contributed by atoms with Crippen LogP contribution in [0.3, 0.4) is 0 Å². The Morgan fingerprint density at radius 3 is 2.11 bits per heavy atom. The summed E-state index contributed by atoms with van der Waals surface area (Å²) in [7, 11) is 3.48. The van der Waals surface area contributed by atoms with Crippen molar-refractivity contribution in [2.24, 2.45) is 0 Å². The first kappa shape index (κ1) is 16.5. The number of hydrogen-bond acceptors (Lipinski definition) is 1. The largest absolute Gasteiger partial charge is 0.663 e. The van der Waals surface area contributed by atoms with Gasteiger partial charge >= 0.3 is 0 Å². The zero-order valence-electron chi connectivity index (χ0n) is 5.72. The van der Waals surface area contributed by atoms with Crippen molar-refractivity contribution in [3.8, 4) is 0 Å². The van der Waals surface area contributed by atoms with Gasteiger partial charge in [0, 0.05) is 45.9 Å². The van der Waals surface area contributed by atoms with Gasteiger partial charge in [-0.2, -0.15) is 7.05 Å². The van der Waals surface area contributed by atoms with E-state index in [9.17, 15) is 0 Å². The van der Waals surface area contributed by atoms with Gasteiger partial charge in [0.05, 0.1) is 0 Å². The molecule has 0 aliphatic rings. The van der Waals surface area contributed by atoms with Crippen LogP contribution in [-0.4, -0.2) is 26.8 Å². The maximum absolute atomic E-state index is 4.90. The van der Waals surface area contributed by atoms with E-state index in [0.717, 1.165) is 6.54 Å². The van der Waals surface area contributed by atoms with Gasteiger partial charge in [-0.05, 0) is 6.92 Å². The predicted molar refractivity (Wildman–Crippen MR) is 37.4 cm³/mol. The Hall–Kier alpha value is 1.02. The Morgan fingerprint density at radius 1 is 1.56 bits per heavy atom. The van der Waals surface area contributed by atoms with E-state index in [1.165, 1.54) is 0 Å². The molecule has 0 spiro atoms. The third kappa shape index (κ3) is 12.3. The van der Waals surface area contributed by atoms with Crippen molar-refractivity contribution in [2.45, 2.75) is 20.5 Å². The van der Waals surface area contributed by atoms with Gasteiger partial charge < -0.3 is 10.1 Å². The Balaban J connectivity index is -0.000000180. The minimum Gasteiger partial charge on any atom is -0.663 e. The van der Waals surface area contributed by atoms with Crippen molar-refractivity contribution in [1.29, 1.82) is 0 Å². The molecule has 3 heteroatoms. The monoisotopic (exact) mass is 207 g/mol. The van der Waals surface area contributed by atoms with Gasteiger partial charge in [-0.1, -0.05) is 7.43 Å². The summed E-state index contributed by atoms with van der Waals surface area (Å²) in [6, 6.07) is 0. The zero-order valence-corrected chi connectivity index (χ0v) is 8.56. The number of hydrogen-bond donors (Lipinski definition) is 0. The molecule has 1 unspecified atom stereocenters. The molecule has 0 rings (SSSR count). The number of methoxy groups -OCH3 is 1. The molecule has 2 nitrogen and oxygen atoms in total. The van der Waals surface area contributed by atoms with Crippen LogP contribution in [0.1, 0.15) is 14.4 Å². The fourth-order valence-corrected chi connectivity index (χ4v) is 0.332. The predicted octanol–water partition coefficient (Wildman–Crippen LogP) is 1.66. The molecule has 0 N–H and O–H groups in total. The minimum absolute atomic E-state index is 0. The molecular weight excluding hydrogens is 191 g/mol. The summed E-state index contributed by atoms with van der Waals surface area (Å²) < 4.78 is 4.90. The van der Waals surface area contributed by atoms with Crippen LogP contribution in [0.4, 0.5) is 0 Å². The van der Waals surface area contributed by atoms with Crippen molar-refractivity contribution in [3.63, 3.8) is 0 Å². The molecule has 9 heavy (non-hydrogen) atoms. The molecule has 0 bridgehead atoms. The molecule has 0 amide bonds. The second-order valence-corrected chi connectivity index (χ2v) is 1.55. The van der Waals surface area contributed by atoms with Gasteiger partial charge in [-0.3, -0.25) is 0 Å². The van der Waals surface area contributed by atoms with E-state index in [4.69, 9.17) is 4.74 Å². The fourth-order valence-electron chi connectivity index (χ4n) is 0.332. The molecular formula is C6H16NOY-. The van der Waals surface area contributed by atoms with E-state index in [1.54, 1.807) is 14.2 Å². The Morgan fingerprint density at radius 2 is 2.00 bits per heavy atom. The number of ether oxygens (including phenoxy) is 1. The van der Waals surface area contributed by atoms with Gasteiger partial charge in [0.25, 0.3) is 0 Å². The topological polar surface area (TPSA) is 23.3 Å². The fraction of sp³-hybridized carbons (Fsp3) is 1.00. The zero-order chi connectivity index (χ0) is 5.70. The van der Waals surface area contributed by atoms with Crippen LogP contribution in [-0.2, 0) is 37.4 Å². The van der Waals surface area contributed by atoms with Crippen LogP contribution in [0.2, 0.25) is 0 Å². The van der Waals surface area contributed by atoms with E-state index in [-0.39, 0.29) is 46.2 Å². The molecule has 0 aromatic heterocycles. The van der Waals surface area contributed by atoms with E-state index in [1.807, 2.05) is 6.92 Å². The molecule has 0 aromatic rings. The van der Waals surface area contributed by atoms with Crippen molar-refractivity contribution >= 4 is 0 Å². The average Bonchev–Trinajstić information content (AvgIpc) is 1.68. The van der Waals surface area contributed by atoms with E-state index >= 15 is 0 Å². The summed E-state index contributed by atoms with van der Waals surface area (Å²) in [6.07, 6.45) is 0.282. The van der Waals surface area contributed by atoms with E-state index < -0.39 is 0 Å². The molecule has 0 saturated heterocycles. The molecule has 0 aromatic carbocycles. The molecule has 0 heterocycles. The third-order valence-corrected chi connectivity index (χ3v) is 0.842. The van der Waals surface area contributed by atoms with Crippen molar-refractivity contribution < 1.29 is 37.4 Å². The maximum atomic E-state index is 4.90. The normalized spacial score (nSPS) is 11.0. The van der Waals surface area contributed by atoms with E-state index in [0.29, 0.717) is 0 Å². The van der Waals surface area contributed by atoms with Crippen molar-refractivity contribution in [3.05, 3.63) is 5.32 Å². The first-order valence-corrected chi connectivity index (χ1v) is 2.39. The molecule has 1 radical (unpaired) electrons. The van der Waals surface area contributed by atoms with E-state index in [2.05, 4.69) is 5.32 Å². The summed E-state index contributed by atoms with van der Waals surface area (Å²) in [5.41, 5.74) is 0. The smallest absolute Gasteiger partial charge is 0.0357 e. The molecule has 1 atom stereocenters. The average molecular weight is 207 g/mol. The van der Waals surface area contributed by atoms with Crippen molar-refractivity contribution in [1.82, 2.24) is 0 Å². The van der Waals surface area contributed by atoms with Crippen molar-refractivity contribution in [2.75, 3.05) is 20.7 Å². The van der Waals surface area contributed by atoms with Crippen LogP contribution in [0, 0.1) is 0 Å². The Bertz CT molecular complexity index is 44.0. The molecule has 0 fully saturated rings. The van der Waals surface area contributed by atoms with Crippen LogP contribution in [0.5, 0.6) is 0 Å². The summed E-state index contributed by atoms with van der Waals surface area (Å²) in [4.78, 5) is 0. The standard InChI is InChI=1S/C5H12NO.CH4.Y/c1-5(7-3)4-6-2;;/h5H,4H2,1-3H3;1H4;/q-1;;. The summed E-state index contributed by atoms with van der Waals surface area (Å²) in [5.74, 6) is 0. The molecule has 0 saturated carbocycles. The van der Waals surface area contributed by atoms with Gasteiger partial charge in [0.1, 0.15) is 0 Å². The summed E-state index contributed by atoms with van der Waals surface area (Å²) >= 11 is 0. The number of likely N-dealkylation sites (N-methyl/N-ethyl adjacent to an activating group) is 1. The van der Waals surface area contributed by atoms with Crippen LogP contribution in [0.15, 0.2) is 0 Å². The number of rotatable bonds is 3. The first-order valence-electron chi connectivity index (χ1n) is 2.39. The molecule has 0 aliphatic heterocycles. The maximum Gasteiger partial charge on any atom is 0.0357 e. The van der Waals surface area contributed by atoms with Crippen LogP contribution < -0.4 is 0 Å². The first-order chi connectivity index (χ1) is 3.31. The van der Waals surface area contributed by atoms with Gasteiger partial charge in [0.15, 0.2) is 0 Å². The SMILES string of the molecule is C.C[N-]CC(C)OC.[Y]. The van der Waals surface area contributed by atoms with Gasteiger partial charge in [0.2, 0.25) is 0 Å². The molecule has 55 valence electrons. The van der Waals surface area contributed by atoms with Crippen LogP contribution >= 0.6 is 0 Å². The van der Waals surface area contributed by atoms with Gasteiger partial charge in [-0.25, -0.2) is 0 Å². The Labute approximate surface area is 83.6 Å². The Kier molecular flexibility index (Phi) is 21.6. The third-order valence-electron chi connectivity index (χ3n) is 0.842. The summed E-state index contributed by atoms with van der Waals surface area (Å²) in [6.45, 7) is 2.80. The van der Waals surface area contributed by atoms with Gasteiger partial charge in [-0.15, -0.1) is 6.54 Å². The summed E-state index contributed by atoms with van der Waals surface area (Å²) in [5, 5.41) is 3.88. The molecule has 0 aliphatic carbocycles.